The van der Waals surface area contributed by atoms with Gasteiger partial charge in [0.1, 0.15) is 0 Å². The molecule has 0 spiro atoms. The van der Waals surface area contributed by atoms with Crippen LogP contribution in [0.4, 0.5) is 5.13 Å². The molecular formula is C14H23N3OS. The van der Waals surface area contributed by atoms with Gasteiger partial charge in [-0.25, -0.2) is 4.98 Å². The summed E-state index contributed by atoms with van der Waals surface area (Å²) < 4.78 is 0. The molecule has 1 saturated carbocycles. The van der Waals surface area contributed by atoms with Crippen LogP contribution in [-0.4, -0.2) is 17.4 Å². The first-order valence-corrected chi connectivity index (χ1v) is 8.08. The number of hydrogen-bond donors (Lipinski definition) is 2. The molecule has 0 aliphatic heterocycles. The van der Waals surface area contributed by atoms with Crippen LogP contribution in [0.5, 0.6) is 0 Å². The largest absolute Gasteiger partial charge is 0.309 e. The maximum absolute atomic E-state index is 12.0. The Balaban J connectivity index is 1.87. The summed E-state index contributed by atoms with van der Waals surface area (Å²) in [5.74, 6) is 0.343. The van der Waals surface area contributed by atoms with Crippen LogP contribution in [0.2, 0.25) is 0 Å². The minimum atomic E-state index is 0.146. The molecule has 1 fully saturated rings. The van der Waals surface area contributed by atoms with E-state index in [1.165, 1.54) is 24.2 Å². The Morgan fingerprint density at radius 1 is 1.53 bits per heavy atom. The van der Waals surface area contributed by atoms with Crippen molar-refractivity contribution in [2.75, 3.05) is 11.9 Å². The Morgan fingerprint density at radius 3 is 2.95 bits per heavy atom. The molecule has 5 heteroatoms. The van der Waals surface area contributed by atoms with Gasteiger partial charge in [0, 0.05) is 17.3 Å². The fourth-order valence-electron chi connectivity index (χ4n) is 2.40. The topological polar surface area (TPSA) is 54.0 Å². The van der Waals surface area contributed by atoms with Crippen LogP contribution in [-0.2, 0) is 4.79 Å². The van der Waals surface area contributed by atoms with Gasteiger partial charge < -0.3 is 10.6 Å². The molecule has 0 radical (unpaired) electrons. The van der Waals surface area contributed by atoms with E-state index in [0.29, 0.717) is 0 Å². The zero-order chi connectivity index (χ0) is 13.7. The monoisotopic (exact) mass is 281 g/mol. The van der Waals surface area contributed by atoms with E-state index in [0.717, 1.165) is 36.6 Å². The van der Waals surface area contributed by atoms with E-state index in [1.54, 1.807) is 0 Å². The smallest absolute Gasteiger partial charge is 0.229 e. The molecule has 4 nitrogen and oxygen atoms in total. The fraction of sp³-hybridized carbons (Fsp3) is 0.714. The van der Waals surface area contributed by atoms with E-state index in [4.69, 9.17) is 0 Å². The molecule has 0 aromatic carbocycles. The molecule has 0 saturated heterocycles. The van der Waals surface area contributed by atoms with Gasteiger partial charge >= 0.3 is 0 Å². The number of amides is 1. The number of thiazole rings is 1. The van der Waals surface area contributed by atoms with E-state index in [-0.39, 0.29) is 17.9 Å². The molecule has 1 aromatic rings. The van der Waals surface area contributed by atoms with Crippen molar-refractivity contribution in [2.45, 2.75) is 52.0 Å². The Labute approximate surface area is 119 Å². The predicted octanol–water partition coefficient (Wildman–Crippen LogP) is 3.33. The molecule has 0 bridgehead atoms. The number of hydrogen-bond acceptors (Lipinski definition) is 4. The molecule has 1 amide bonds. The highest BCUT2D eigenvalue weighted by Crippen LogP contribution is 2.27. The van der Waals surface area contributed by atoms with Crippen LogP contribution >= 0.6 is 11.3 Å². The number of carbonyl (C=O) groups is 1. The molecule has 1 heterocycles. The maximum atomic E-state index is 12.0. The summed E-state index contributed by atoms with van der Waals surface area (Å²) in [5.41, 5.74) is 1.01. The van der Waals surface area contributed by atoms with Crippen molar-refractivity contribution in [3.8, 4) is 0 Å². The van der Waals surface area contributed by atoms with Crippen molar-refractivity contribution in [2.24, 2.45) is 5.92 Å². The van der Waals surface area contributed by atoms with Crippen molar-refractivity contribution < 1.29 is 4.79 Å². The first kappa shape index (κ1) is 14.5. The van der Waals surface area contributed by atoms with Crippen LogP contribution in [0, 0.1) is 5.92 Å². The molecule has 1 aliphatic carbocycles. The van der Waals surface area contributed by atoms with Crippen molar-refractivity contribution in [1.82, 2.24) is 10.3 Å². The first-order valence-electron chi connectivity index (χ1n) is 7.20. The van der Waals surface area contributed by atoms with Crippen LogP contribution < -0.4 is 10.6 Å². The van der Waals surface area contributed by atoms with Crippen molar-refractivity contribution in [1.29, 1.82) is 0 Å². The van der Waals surface area contributed by atoms with E-state index < -0.39 is 0 Å². The molecule has 19 heavy (non-hydrogen) atoms. The summed E-state index contributed by atoms with van der Waals surface area (Å²) >= 11 is 1.52. The Morgan fingerprint density at radius 2 is 2.26 bits per heavy atom. The quantitative estimate of drug-likeness (QED) is 0.841. The Kier molecular flexibility index (Phi) is 5.34. The molecule has 2 N–H and O–H groups in total. The third-order valence-corrected chi connectivity index (χ3v) is 4.40. The van der Waals surface area contributed by atoms with Gasteiger partial charge in [0.05, 0.1) is 5.69 Å². The highest BCUT2D eigenvalue weighted by Gasteiger charge is 2.23. The fourth-order valence-corrected chi connectivity index (χ4v) is 3.21. The van der Waals surface area contributed by atoms with E-state index in [2.05, 4.69) is 29.5 Å². The predicted molar refractivity (Wildman–Crippen MR) is 79.4 cm³/mol. The third-order valence-electron chi connectivity index (χ3n) is 3.62. The van der Waals surface area contributed by atoms with Gasteiger partial charge in [0.15, 0.2) is 5.13 Å². The average Bonchev–Trinajstić information content (AvgIpc) is 3.06. The summed E-state index contributed by atoms with van der Waals surface area (Å²) in [5, 5.41) is 9.12. The standard InChI is InChI=1S/C14H23N3OS/c1-3-8-15-10(2)12-9-19-14(16-12)17-13(18)11-6-4-5-7-11/h9-11,15H,3-8H2,1-2H3,(H,16,17,18). The minimum absolute atomic E-state index is 0.146. The maximum Gasteiger partial charge on any atom is 0.229 e. The van der Waals surface area contributed by atoms with Crippen LogP contribution in [0.15, 0.2) is 5.38 Å². The van der Waals surface area contributed by atoms with Crippen LogP contribution in [0.3, 0.4) is 0 Å². The molecular weight excluding hydrogens is 258 g/mol. The number of nitrogens with zero attached hydrogens (tertiary/aromatic N) is 1. The average molecular weight is 281 g/mol. The summed E-state index contributed by atoms with van der Waals surface area (Å²) in [6, 6.07) is 0.244. The summed E-state index contributed by atoms with van der Waals surface area (Å²) in [6.45, 7) is 5.24. The lowest BCUT2D eigenvalue weighted by Crippen LogP contribution is -2.21. The van der Waals surface area contributed by atoms with Crippen LogP contribution in [0.1, 0.15) is 57.7 Å². The highest BCUT2D eigenvalue weighted by molar-refractivity contribution is 7.13. The van der Waals surface area contributed by atoms with Gasteiger partial charge in [-0.3, -0.25) is 4.79 Å². The number of nitrogens with one attached hydrogen (secondary N) is 2. The van der Waals surface area contributed by atoms with Gasteiger partial charge in [-0.05, 0) is 32.7 Å². The highest BCUT2D eigenvalue weighted by atomic mass is 32.1. The van der Waals surface area contributed by atoms with Gasteiger partial charge in [-0.2, -0.15) is 0 Å². The molecule has 2 rings (SSSR count). The summed E-state index contributed by atoms with van der Waals surface area (Å²) in [7, 11) is 0. The lowest BCUT2D eigenvalue weighted by Gasteiger charge is -2.10. The number of aromatic nitrogens is 1. The second-order valence-corrected chi connectivity index (χ2v) is 6.08. The van der Waals surface area contributed by atoms with Gasteiger partial charge in [0.2, 0.25) is 5.91 Å². The summed E-state index contributed by atoms with van der Waals surface area (Å²) in [6.07, 6.45) is 5.52. The summed E-state index contributed by atoms with van der Waals surface area (Å²) in [4.78, 5) is 16.5. The minimum Gasteiger partial charge on any atom is -0.309 e. The zero-order valence-electron chi connectivity index (χ0n) is 11.7. The zero-order valence-corrected chi connectivity index (χ0v) is 12.6. The molecule has 1 unspecified atom stereocenters. The third kappa shape index (κ3) is 4.01. The lowest BCUT2D eigenvalue weighted by atomic mass is 10.1. The number of rotatable bonds is 6. The second-order valence-electron chi connectivity index (χ2n) is 5.22. The molecule has 1 aliphatic rings. The Bertz CT molecular complexity index is 413. The first-order chi connectivity index (χ1) is 9.20. The molecule has 1 aromatic heterocycles. The molecule has 106 valence electrons. The van der Waals surface area contributed by atoms with Crippen molar-refractivity contribution in [3.63, 3.8) is 0 Å². The van der Waals surface area contributed by atoms with Crippen molar-refractivity contribution >= 4 is 22.4 Å². The van der Waals surface area contributed by atoms with Gasteiger partial charge in [-0.1, -0.05) is 19.8 Å². The van der Waals surface area contributed by atoms with Gasteiger partial charge in [-0.15, -0.1) is 11.3 Å². The lowest BCUT2D eigenvalue weighted by molar-refractivity contribution is -0.119. The van der Waals surface area contributed by atoms with E-state index >= 15 is 0 Å². The normalized spacial score (nSPS) is 17.6. The Hall–Kier alpha value is -0.940. The van der Waals surface area contributed by atoms with E-state index in [1.807, 2.05) is 5.38 Å². The van der Waals surface area contributed by atoms with Crippen LogP contribution in [0.25, 0.3) is 0 Å². The number of anilines is 1. The SMILES string of the molecule is CCCNC(C)c1csc(NC(=O)C2CCCC2)n1. The van der Waals surface area contributed by atoms with E-state index in [9.17, 15) is 4.79 Å². The molecule has 1 atom stereocenters. The second kappa shape index (κ2) is 7.01. The van der Waals surface area contributed by atoms with Gasteiger partial charge in [0.25, 0.3) is 0 Å². The van der Waals surface area contributed by atoms with Crippen molar-refractivity contribution in [3.05, 3.63) is 11.1 Å². The number of carbonyl (C=O) groups excluding carboxylic acids is 1.